The standard InChI is InChI=1S/C13H14ClN3/c1-8-2-4-10(14)13(6-8)17-9-3-5-11(15)12(16)7-9/h2-7,17H,15-16H2,1H3. The lowest BCUT2D eigenvalue weighted by Crippen LogP contribution is -1.97. The maximum absolute atomic E-state index is 6.10. The Kier molecular flexibility index (Phi) is 3.11. The summed E-state index contributed by atoms with van der Waals surface area (Å²) in [6.07, 6.45) is 0. The van der Waals surface area contributed by atoms with Gasteiger partial charge in [0.1, 0.15) is 0 Å². The number of anilines is 4. The number of rotatable bonds is 2. The normalized spacial score (nSPS) is 10.2. The fourth-order valence-corrected chi connectivity index (χ4v) is 1.71. The Labute approximate surface area is 105 Å². The summed E-state index contributed by atoms with van der Waals surface area (Å²) in [7, 11) is 0. The highest BCUT2D eigenvalue weighted by Crippen LogP contribution is 2.28. The molecule has 0 saturated carbocycles. The van der Waals surface area contributed by atoms with Gasteiger partial charge >= 0.3 is 0 Å². The van der Waals surface area contributed by atoms with E-state index in [9.17, 15) is 0 Å². The van der Waals surface area contributed by atoms with Gasteiger partial charge in [-0.15, -0.1) is 0 Å². The van der Waals surface area contributed by atoms with Gasteiger partial charge in [-0.25, -0.2) is 0 Å². The molecule has 3 nitrogen and oxygen atoms in total. The fourth-order valence-electron chi connectivity index (χ4n) is 1.54. The SMILES string of the molecule is Cc1ccc(Cl)c(Nc2ccc(N)c(N)c2)c1. The van der Waals surface area contributed by atoms with Crippen LogP contribution < -0.4 is 16.8 Å². The molecule has 0 atom stereocenters. The van der Waals surface area contributed by atoms with Crippen molar-refractivity contribution in [2.24, 2.45) is 0 Å². The zero-order valence-corrected chi connectivity index (χ0v) is 10.3. The summed E-state index contributed by atoms with van der Waals surface area (Å²) in [6.45, 7) is 2.01. The molecular formula is C13H14ClN3. The topological polar surface area (TPSA) is 64.1 Å². The number of benzene rings is 2. The van der Waals surface area contributed by atoms with Crippen LogP contribution in [0.15, 0.2) is 36.4 Å². The Balaban J connectivity index is 2.31. The van der Waals surface area contributed by atoms with Crippen molar-refractivity contribution in [3.63, 3.8) is 0 Å². The molecule has 2 aromatic carbocycles. The lowest BCUT2D eigenvalue weighted by molar-refractivity contribution is 1.45. The second kappa shape index (κ2) is 4.55. The molecule has 0 bridgehead atoms. The Bertz CT molecular complexity index is 552. The van der Waals surface area contributed by atoms with Gasteiger partial charge in [-0.1, -0.05) is 17.7 Å². The summed E-state index contributed by atoms with van der Waals surface area (Å²) in [5.41, 5.74) is 15.4. The van der Waals surface area contributed by atoms with E-state index in [4.69, 9.17) is 23.1 Å². The first kappa shape index (κ1) is 11.6. The van der Waals surface area contributed by atoms with Gasteiger partial charge in [-0.2, -0.15) is 0 Å². The van der Waals surface area contributed by atoms with Crippen molar-refractivity contribution in [3.8, 4) is 0 Å². The van der Waals surface area contributed by atoms with E-state index in [1.807, 2.05) is 31.2 Å². The van der Waals surface area contributed by atoms with Crippen LogP contribution in [0.25, 0.3) is 0 Å². The molecule has 0 aliphatic carbocycles. The van der Waals surface area contributed by atoms with Crippen molar-refractivity contribution in [1.82, 2.24) is 0 Å². The smallest absolute Gasteiger partial charge is 0.0641 e. The molecule has 2 rings (SSSR count). The molecule has 0 amide bonds. The highest BCUT2D eigenvalue weighted by molar-refractivity contribution is 6.33. The zero-order valence-electron chi connectivity index (χ0n) is 9.50. The van der Waals surface area contributed by atoms with Crippen LogP contribution in [0.2, 0.25) is 5.02 Å². The summed E-state index contributed by atoms with van der Waals surface area (Å²) in [6, 6.07) is 11.2. The third-order valence-corrected chi connectivity index (χ3v) is 2.82. The van der Waals surface area contributed by atoms with Crippen LogP contribution in [-0.4, -0.2) is 0 Å². The Morgan fingerprint density at radius 1 is 1.00 bits per heavy atom. The number of hydrogen-bond donors (Lipinski definition) is 3. The second-order valence-corrected chi connectivity index (χ2v) is 4.36. The number of nitrogens with two attached hydrogens (primary N) is 2. The summed E-state index contributed by atoms with van der Waals surface area (Å²) in [5, 5.41) is 3.89. The maximum atomic E-state index is 6.10. The van der Waals surface area contributed by atoms with Crippen LogP contribution in [0.1, 0.15) is 5.56 Å². The molecule has 5 N–H and O–H groups in total. The first-order chi connectivity index (χ1) is 8.06. The molecule has 0 spiro atoms. The van der Waals surface area contributed by atoms with Gasteiger partial charge in [0, 0.05) is 5.69 Å². The zero-order chi connectivity index (χ0) is 12.4. The van der Waals surface area contributed by atoms with Crippen molar-refractivity contribution in [3.05, 3.63) is 47.0 Å². The molecule has 0 heterocycles. The van der Waals surface area contributed by atoms with E-state index in [0.717, 1.165) is 16.9 Å². The number of hydrogen-bond acceptors (Lipinski definition) is 3. The van der Waals surface area contributed by atoms with E-state index in [1.54, 1.807) is 12.1 Å². The van der Waals surface area contributed by atoms with Crippen molar-refractivity contribution in [2.75, 3.05) is 16.8 Å². The lowest BCUT2D eigenvalue weighted by Gasteiger charge is -2.10. The van der Waals surface area contributed by atoms with Crippen LogP contribution in [0, 0.1) is 6.92 Å². The van der Waals surface area contributed by atoms with E-state index in [0.29, 0.717) is 16.4 Å². The Hall–Kier alpha value is -1.87. The molecule has 4 heteroatoms. The molecule has 0 aliphatic rings. The largest absolute Gasteiger partial charge is 0.397 e. The minimum Gasteiger partial charge on any atom is -0.397 e. The van der Waals surface area contributed by atoms with Crippen molar-refractivity contribution >= 4 is 34.4 Å². The molecular weight excluding hydrogens is 234 g/mol. The molecule has 88 valence electrons. The van der Waals surface area contributed by atoms with Crippen LogP contribution in [-0.2, 0) is 0 Å². The van der Waals surface area contributed by atoms with Crippen molar-refractivity contribution in [2.45, 2.75) is 6.92 Å². The fraction of sp³-hybridized carbons (Fsp3) is 0.0769. The molecule has 2 aromatic rings. The van der Waals surface area contributed by atoms with Crippen molar-refractivity contribution < 1.29 is 0 Å². The maximum Gasteiger partial charge on any atom is 0.0641 e. The number of halogens is 1. The van der Waals surface area contributed by atoms with Crippen LogP contribution >= 0.6 is 11.6 Å². The molecule has 0 radical (unpaired) electrons. The van der Waals surface area contributed by atoms with Gasteiger partial charge in [0.25, 0.3) is 0 Å². The predicted octanol–water partition coefficient (Wildman–Crippen LogP) is 3.56. The molecule has 0 saturated heterocycles. The molecule has 0 aromatic heterocycles. The van der Waals surface area contributed by atoms with Crippen LogP contribution in [0.3, 0.4) is 0 Å². The average molecular weight is 248 g/mol. The quantitative estimate of drug-likeness (QED) is 0.711. The van der Waals surface area contributed by atoms with Gasteiger partial charge in [-0.05, 0) is 42.8 Å². The Morgan fingerprint density at radius 3 is 2.47 bits per heavy atom. The Morgan fingerprint density at radius 2 is 1.76 bits per heavy atom. The average Bonchev–Trinajstić information content (AvgIpc) is 2.29. The number of nitrogens with one attached hydrogen (secondary N) is 1. The predicted molar refractivity (Wildman–Crippen MR) is 74.7 cm³/mol. The summed E-state index contributed by atoms with van der Waals surface area (Å²) in [4.78, 5) is 0. The monoisotopic (exact) mass is 247 g/mol. The van der Waals surface area contributed by atoms with E-state index >= 15 is 0 Å². The number of nitrogen functional groups attached to an aromatic ring is 2. The van der Waals surface area contributed by atoms with Gasteiger partial charge in [0.2, 0.25) is 0 Å². The third kappa shape index (κ3) is 2.63. The minimum absolute atomic E-state index is 0.554. The van der Waals surface area contributed by atoms with E-state index in [2.05, 4.69) is 5.32 Å². The minimum atomic E-state index is 0.554. The van der Waals surface area contributed by atoms with E-state index < -0.39 is 0 Å². The van der Waals surface area contributed by atoms with Gasteiger partial charge in [0.05, 0.1) is 22.1 Å². The highest BCUT2D eigenvalue weighted by Gasteiger charge is 2.02. The summed E-state index contributed by atoms with van der Waals surface area (Å²) >= 11 is 6.10. The van der Waals surface area contributed by atoms with Crippen LogP contribution in [0.5, 0.6) is 0 Å². The molecule has 0 unspecified atom stereocenters. The molecule has 0 aliphatic heterocycles. The lowest BCUT2D eigenvalue weighted by atomic mass is 10.2. The first-order valence-electron chi connectivity index (χ1n) is 5.24. The van der Waals surface area contributed by atoms with E-state index in [-0.39, 0.29) is 0 Å². The molecule has 0 fully saturated rings. The van der Waals surface area contributed by atoms with Gasteiger partial charge in [0.15, 0.2) is 0 Å². The summed E-state index contributed by atoms with van der Waals surface area (Å²) < 4.78 is 0. The first-order valence-corrected chi connectivity index (χ1v) is 5.62. The highest BCUT2D eigenvalue weighted by atomic mass is 35.5. The number of aryl methyl sites for hydroxylation is 1. The molecule has 17 heavy (non-hydrogen) atoms. The third-order valence-electron chi connectivity index (χ3n) is 2.49. The van der Waals surface area contributed by atoms with E-state index in [1.165, 1.54) is 0 Å². The van der Waals surface area contributed by atoms with Crippen LogP contribution in [0.4, 0.5) is 22.7 Å². The summed E-state index contributed by atoms with van der Waals surface area (Å²) in [5.74, 6) is 0. The second-order valence-electron chi connectivity index (χ2n) is 3.95. The van der Waals surface area contributed by atoms with Gasteiger partial charge < -0.3 is 16.8 Å². The van der Waals surface area contributed by atoms with Gasteiger partial charge in [-0.3, -0.25) is 0 Å². The van der Waals surface area contributed by atoms with Crippen molar-refractivity contribution in [1.29, 1.82) is 0 Å².